The minimum Gasteiger partial charge on any atom is -0.444 e. The van der Waals surface area contributed by atoms with E-state index in [9.17, 15) is 4.79 Å². The molecule has 0 aliphatic carbocycles. The number of hydrogen-bond donors (Lipinski definition) is 2. The fourth-order valence-electron chi connectivity index (χ4n) is 1.30. The van der Waals surface area contributed by atoms with E-state index >= 15 is 0 Å². The van der Waals surface area contributed by atoms with Crippen LogP contribution in [0.5, 0.6) is 0 Å². The molecule has 1 atom stereocenters. The second-order valence-electron chi connectivity index (χ2n) is 4.85. The van der Waals surface area contributed by atoms with Crippen molar-refractivity contribution in [3.63, 3.8) is 0 Å². The summed E-state index contributed by atoms with van der Waals surface area (Å²) >= 11 is 0. The largest absolute Gasteiger partial charge is 0.444 e. The standard InChI is InChI=1S/C12H19N3O2.Zn/c1-8(13)10-9(6-5-7-14-10)15-11(16)17-12(2,3)4;/h5-8H,13H2,1-4H3,(H,15,16);. The van der Waals surface area contributed by atoms with Crippen LogP contribution >= 0.6 is 0 Å². The number of rotatable bonds is 2. The van der Waals surface area contributed by atoms with Gasteiger partial charge in [0, 0.05) is 31.7 Å². The van der Waals surface area contributed by atoms with Crippen LogP contribution in [0.3, 0.4) is 0 Å². The first-order valence-electron chi connectivity index (χ1n) is 5.50. The summed E-state index contributed by atoms with van der Waals surface area (Å²) in [6.45, 7) is 7.23. The van der Waals surface area contributed by atoms with Crippen LogP contribution in [0.4, 0.5) is 10.5 Å². The second-order valence-corrected chi connectivity index (χ2v) is 4.85. The Morgan fingerprint density at radius 2 is 2.11 bits per heavy atom. The average molecular weight is 303 g/mol. The quantitative estimate of drug-likeness (QED) is 0.823. The van der Waals surface area contributed by atoms with Gasteiger partial charge in [-0.05, 0) is 39.8 Å². The maximum Gasteiger partial charge on any atom is 0.412 e. The predicted molar refractivity (Wildman–Crippen MR) is 66.7 cm³/mol. The molecule has 1 amide bonds. The molecule has 96 valence electrons. The SMILES string of the molecule is CC(N)c1ncccc1NC(=O)OC(C)(C)C.[Zn]. The molecule has 0 spiro atoms. The third-order valence-corrected chi connectivity index (χ3v) is 1.91. The van der Waals surface area contributed by atoms with Gasteiger partial charge in [-0.2, -0.15) is 0 Å². The Bertz CT molecular complexity index is 403. The number of ether oxygens (including phenoxy) is 1. The Balaban J connectivity index is 0.00000289. The van der Waals surface area contributed by atoms with Gasteiger partial charge in [-0.1, -0.05) is 0 Å². The van der Waals surface area contributed by atoms with Crippen molar-refractivity contribution >= 4 is 11.8 Å². The van der Waals surface area contributed by atoms with Crippen LogP contribution in [0.1, 0.15) is 39.4 Å². The van der Waals surface area contributed by atoms with E-state index in [2.05, 4.69) is 10.3 Å². The molecule has 0 bridgehead atoms. The molecule has 1 aromatic heterocycles. The Labute approximate surface area is 120 Å². The molecule has 1 unspecified atom stereocenters. The molecule has 0 aliphatic rings. The monoisotopic (exact) mass is 301 g/mol. The van der Waals surface area contributed by atoms with Crippen LogP contribution in [0.2, 0.25) is 0 Å². The van der Waals surface area contributed by atoms with Gasteiger partial charge in [0.1, 0.15) is 5.60 Å². The number of nitrogens with two attached hydrogens (primary N) is 1. The third kappa shape index (κ3) is 5.56. The van der Waals surface area contributed by atoms with Gasteiger partial charge in [-0.3, -0.25) is 10.3 Å². The predicted octanol–water partition coefficient (Wildman–Crippen LogP) is 2.45. The van der Waals surface area contributed by atoms with Crippen molar-refractivity contribution in [3.05, 3.63) is 24.0 Å². The van der Waals surface area contributed by atoms with Crippen molar-refractivity contribution < 1.29 is 29.0 Å². The third-order valence-electron chi connectivity index (χ3n) is 1.91. The van der Waals surface area contributed by atoms with Gasteiger partial charge >= 0.3 is 6.09 Å². The minimum absolute atomic E-state index is 0. The molecule has 0 radical (unpaired) electrons. The second kappa shape index (κ2) is 6.81. The fraction of sp³-hybridized carbons (Fsp3) is 0.500. The Hall–Kier alpha value is -0.997. The Morgan fingerprint density at radius 1 is 1.50 bits per heavy atom. The van der Waals surface area contributed by atoms with E-state index in [1.165, 1.54) is 0 Å². The zero-order valence-corrected chi connectivity index (χ0v) is 14.3. The zero-order valence-electron chi connectivity index (χ0n) is 11.4. The van der Waals surface area contributed by atoms with Crippen LogP contribution in [0.15, 0.2) is 18.3 Å². The van der Waals surface area contributed by atoms with Crippen molar-refractivity contribution in [2.75, 3.05) is 5.32 Å². The molecule has 1 rings (SSSR count). The van der Waals surface area contributed by atoms with Gasteiger partial charge in [0.2, 0.25) is 0 Å². The number of hydrogen-bond acceptors (Lipinski definition) is 4. The van der Waals surface area contributed by atoms with Crippen LogP contribution in [0.25, 0.3) is 0 Å². The van der Waals surface area contributed by atoms with E-state index in [1.54, 1.807) is 18.3 Å². The summed E-state index contributed by atoms with van der Waals surface area (Å²) in [7, 11) is 0. The number of aromatic nitrogens is 1. The number of carbonyl (C=O) groups is 1. The van der Waals surface area contributed by atoms with E-state index in [4.69, 9.17) is 10.5 Å². The van der Waals surface area contributed by atoms with Crippen molar-refractivity contribution in [3.8, 4) is 0 Å². The van der Waals surface area contributed by atoms with E-state index in [0.29, 0.717) is 11.4 Å². The molecule has 5 nitrogen and oxygen atoms in total. The molecule has 6 heteroatoms. The molecule has 0 aliphatic heterocycles. The number of nitrogens with zero attached hydrogens (tertiary/aromatic N) is 1. The first-order valence-corrected chi connectivity index (χ1v) is 5.50. The van der Waals surface area contributed by atoms with Gasteiger partial charge in [0.15, 0.2) is 0 Å². The summed E-state index contributed by atoms with van der Waals surface area (Å²) in [5.41, 5.74) is 6.45. The van der Waals surface area contributed by atoms with Gasteiger partial charge in [0.25, 0.3) is 0 Å². The summed E-state index contributed by atoms with van der Waals surface area (Å²) in [4.78, 5) is 15.7. The molecule has 3 N–H and O–H groups in total. The summed E-state index contributed by atoms with van der Waals surface area (Å²) in [5.74, 6) is 0. The van der Waals surface area contributed by atoms with Crippen LogP contribution in [0, 0.1) is 0 Å². The van der Waals surface area contributed by atoms with Crippen LogP contribution in [-0.4, -0.2) is 16.7 Å². The van der Waals surface area contributed by atoms with E-state index in [0.717, 1.165) is 0 Å². The van der Waals surface area contributed by atoms with Crippen molar-refractivity contribution in [1.82, 2.24) is 4.98 Å². The van der Waals surface area contributed by atoms with Gasteiger partial charge < -0.3 is 10.5 Å². The molecule has 1 heterocycles. The molecule has 1 aromatic rings. The zero-order chi connectivity index (χ0) is 13.1. The van der Waals surface area contributed by atoms with E-state index in [1.807, 2.05) is 27.7 Å². The van der Waals surface area contributed by atoms with Gasteiger partial charge in [-0.15, -0.1) is 0 Å². The van der Waals surface area contributed by atoms with E-state index < -0.39 is 11.7 Å². The summed E-state index contributed by atoms with van der Waals surface area (Å²) in [6.07, 6.45) is 1.13. The number of amides is 1. The fourth-order valence-corrected chi connectivity index (χ4v) is 1.30. The maximum absolute atomic E-state index is 11.6. The van der Waals surface area contributed by atoms with Crippen molar-refractivity contribution in [1.29, 1.82) is 0 Å². The molecule has 0 saturated heterocycles. The maximum atomic E-state index is 11.6. The number of anilines is 1. The first kappa shape index (κ1) is 17.0. The summed E-state index contributed by atoms with van der Waals surface area (Å²) in [6, 6.07) is 3.23. The summed E-state index contributed by atoms with van der Waals surface area (Å²) < 4.78 is 5.16. The Morgan fingerprint density at radius 3 is 2.61 bits per heavy atom. The summed E-state index contributed by atoms with van der Waals surface area (Å²) in [5, 5.41) is 2.64. The molecular weight excluding hydrogens is 284 g/mol. The van der Waals surface area contributed by atoms with Gasteiger partial charge in [-0.25, -0.2) is 4.79 Å². The van der Waals surface area contributed by atoms with Crippen molar-refractivity contribution in [2.45, 2.75) is 39.3 Å². The smallest absolute Gasteiger partial charge is 0.412 e. The minimum atomic E-state index is -0.527. The molecule has 0 saturated carbocycles. The number of nitrogens with one attached hydrogen (secondary N) is 1. The van der Waals surface area contributed by atoms with Crippen LogP contribution < -0.4 is 11.1 Å². The molecular formula is C12H19N3O2Zn. The van der Waals surface area contributed by atoms with Crippen molar-refractivity contribution in [2.24, 2.45) is 5.73 Å². The van der Waals surface area contributed by atoms with Gasteiger partial charge in [0.05, 0.1) is 11.4 Å². The first-order chi connectivity index (χ1) is 7.79. The van der Waals surface area contributed by atoms with E-state index in [-0.39, 0.29) is 25.5 Å². The number of carbonyl (C=O) groups excluding carboxylic acids is 1. The molecule has 18 heavy (non-hydrogen) atoms. The normalized spacial score (nSPS) is 12.3. The Kier molecular flexibility index (Phi) is 6.43. The number of pyridine rings is 1. The molecule has 0 fully saturated rings. The topological polar surface area (TPSA) is 77.2 Å². The molecule has 0 aromatic carbocycles. The average Bonchev–Trinajstić information content (AvgIpc) is 2.14. The van der Waals surface area contributed by atoms with Crippen LogP contribution in [-0.2, 0) is 24.2 Å².